The van der Waals surface area contributed by atoms with Gasteiger partial charge in [-0.3, -0.25) is 14.2 Å². The van der Waals surface area contributed by atoms with Crippen molar-refractivity contribution >= 4 is 39.2 Å². The number of hydrogen-bond donors (Lipinski definition) is 0. The molecule has 8 heteroatoms. The normalized spacial score (nSPS) is 16.7. The van der Waals surface area contributed by atoms with Gasteiger partial charge in [0.1, 0.15) is 10.8 Å². The minimum Gasteiger partial charge on any atom is -0.333 e. The number of amides is 1. The zero-order chi connectivity index (χ0) is 20.5. The number of rotatable bonds is 5. The molecule has 1 aliphatic rings. The molecule has 0 bridgehead atoms. The Morgan fingerprint density at radius 3 is 2.86 bits per heavy atom. The molecule has 1 aromatic carbocycles. The lowest BCUT2D eigenvalue weighted by Gasteiger charge is -2.23. The van der Waals surface area contributed by atoms with Crippen LogP contribution in [0.15, 0.2) is 29.1 Å². The van der Waals surface area contributed by atoms with E-state index < -0.39 is 0 Å². The fourth-order valence-corrected chi connectivity index (χ4v) is 5.21. The number of aromatic nitrogens is 3. The van der Waals surface area contributed by atoms with Gasteiger partial charge in [0.15, 0.2) is 10.3 Å². The molecule has 1 fully saturated rings. The predicted octanol–water partition coefficient (Wildman–Crippen LogP) is 3.90. The van der Waals surface area contributed by atoms with Gasteiger partial charge in [-0.05, 0) is 30.9 Å². The minimum atomic E-state index is -0.121. The highest BCUT2D eigenvalue weighted by atomic mass is 35.5. The van der Waals surface area contributed by atoms with Crippen LogP contribution in [0.25, 0.3) is 10.3 Å². The van der Waals surface area contributed by atoms with Gasteiger partial charge in [-0.1, -0.05) is 48.1 Å². The van der Waals surface area contributed by atoms with E-state index in [0.717, 1.165) is 29.2 Å². The van der Waals surface area contributed by atoms with E-state index >= 15 is 0 Å². The number of fused-ring (bicyclic) bond motifs is 1. The molecule has 3 heterocycles. The molecule has 1 aliphatic heterocycles. The summed E-state index contributed by atoms with van der Waals surface area (Å²) < 4.78 is 1.56. The SMILES string of the molecule is CCc1nc2sc([C@H]3CCCN3C(=O)CCc3ccccc3Cl)nc2c(=O)n1C. The fraction of sp³-hybridized carbons (Fsp3) is 0.429. The van der Waals surface area contributed by atoms with Crippen LogP contribution < -0.4 is 5.56 Å². The molecule has 0 aliphatic carbocycles. The molecule has 152 valence electrons. The van der Waals surface area contributed by atoms with Crippen LogP contribution in [0.4, 0.5) is 0 Å². The van der Waals surface area contributed by atoms with Crippen molar-refractivity contribution < 1.29 is 4.79 Å². The van der Waals surface area contributed by atoms with Gasteiger partial charge >= 0.3 is 0 Å². The fourth-order valence-electron chi connectivity index (χ4n) is 3.88. The first kappa shape index (κ1) is 20.0. The number of aryl methyl sites for hydroxylation is 2. The average molecular weight is 431 g/mol. The average Bonchev–Trinajstić information content (AvgIpc) is 3.36. The summed E-state index contributed by atoms with van der Waals surface area (Å²) in [6.45, 7) is 2.69. The molecule has 4 rings (SSSR count). The van der Waals surface area contributed by atoms with Gasteiger partial charge in [0.25, 0.3) is 5.56 Å². The summed E-state index contributed by atoms with van der Waals surface area (Å²) in [6, 6.07) is 7.54. The maximum Gasteiger partial charge on any atom is 0.280 e. The number of carbonyl (C=O) groups is 1. The number of nitrogens with zero attached hydrogens (tertiary/aromatic N) is 4. The molecule has 0 N–H and O–H groups in total. The van der Waals surface area contributed by atoms with E-state index in [1.165, 1.54) is 11.3 Å². The van der Waals surface area contributed by atoms with Crippen molar-refractivity contribution in [1.29, 1.82) is 0 Å². The van der Waals surface area contributed by atoms with E-state index in [-0.39, 0.29) is 17.5 Å². The molecule has 29 heavy (non-hydrogen) atoms. The lowest BCUT2D eigenvalue weighted by atomic mass is 10.1. The van der Waals surface area contributed by atoms with E-state index in [1.807, 2.05) is 36.1 Å². The van der Waals surface area contributed by atoms with E-state index in [0.29, 0.717) is 41.2 Å². The second kappa shape index (κ2) is 8.24. The predicted molar refractivity (Wildman–Crippen MR) is 115 cm³/mol. The molecule has 0 radical (unpaired) electrons. The van der Waals surface area contributed by atoms with Crippen LogP contribution in [0, 0.1) is 0 Å². The van der Waals surface area contributed by atoms with Crippen molar-refractivity contribution in [2.24, 2.45) is 7.05 Å². The van der Waals surface area contributed by atoms with Crippen molar-refractivity contribution in [3.8, 4) is 0 Å². The van der Waals surface area contributed by atoms with Crippen molar-refractivity contribution in [3.05, 3.63) is 56.0 Å². The number of carbonyl (C=O) groups excluding carboxylic acids is 1. The van der Waals surface area contributed by atoms with E-state index in [1.54, 1.807) is 11.6 Å². The lowest BCUT2D eigenvalue weighted by molar-refractivity contribution is -0.132. The molecule has 0 saturated carbocycles. The number of hydrogen-bond acceptors (Lipinski definition) is 5. The first-order valence-corrected chi connectivity index (χ1v) is 11.1. The minimum absolute atomic E-state index is 0.0808. The second-order valence-corrected chi connectivity index (χ2v) is 8.70. The van der Waals surface area contributed by atoms with Gasteiger partial charge in [0, 0.05) is 31.5 Å². The Labute approximate surface area is 178 Å². The molecule has 0 unspecified atom stereocenters. The molecule has 3 aromatic rings. The van der Waals surface area contributed by atoms with Gasteiger partial charge < -0.3 is 4.90 Å². The molecule has 1 saturated heterocycles. The Kier molecular flexibility index (Phi) is 5.69. The topological polar surface area (TPSA) is 68.1 Å². The Morgan fingerprint density at radius 2 is 2.10 bits per heavy atom. The van der Waals surface area contributed by atoms with Gasteiger partial charge in [0.2, 0.25) is 5.91 Å². The monoisotopic (exact) mass is 430 g/mol. The van der Waals surface area contributed by atoms with Gasteiger partial charge in [-0.25, -0.2) is 9.97 Å². The molecule has 6 nitrogen and oxygen atoms in total. The number of halogens is 1. The second-order valence-electron chi connectivity index (χ2n) is 7.29. The van der Waals surface area contributed by atoms with Crippen molar-refractivity contribution in [2.75, 3.05) is 6.54 Å². The van der Waals surface area contributed by atoms with E-state index in [4.69, 9.17) is 11.6 Å². The van der Waals surface area contributed by atoms with Gasteiger partial charge in [0.05, 0.1) is 6.04 Å². The highest BCUT2D eigenvalue weighted by Gasteiger charge is 2.32. The van der Waals surface area contributed by atoms with Crippen molar-refractivity contribution in [3.63, 3.8) is 0 Å². The molecule has 1 amide bonds. The van der Waals surface area contributed by atoms with Gasteiger partial charge in [-0.15, -0.1) is 0 Å². The zero-order valence-electron chi connectivity index (χ0n) is 16.5. The van der Waals surface area contributed by atoms with Crippen LogP contribution in [0.5, 0.6) is 0 Å². The standard InChI is InChI=1S/C21H23ClN4O2S/c1-3-16-23-20-18(21(28)25(16)2)24-19(29-20)15-9-6-12-26(15)17(27)11-10-13-7-4-5-8-14(13)22/h4-5,7-8,15H,3,6,9-12H2,1-2H3/t15-/m1/s1. The number of thiazole rings is 1. The van der Waals surface area contributed by atoms with Crippen molar-refractivity contribution in [2.45, 2.75) is 45.1 Å². The van der Waals surface area contributed by atoms with Crippen LogP contribution >= 0.6 is 22.9 Å². The summed E-state index contributed by atoms with van der Waals surface area (Å²) in [4.78, 5) is 37.3. The maximum absolute atomic E-state index is 12.9. The number of benzene rings is 1. The summed E-state index contributed by atoms with van der Waals surface area (Å²) in [5.74, 6) is 0.846. The highest BCUT2D eigenvalue weighted by molar-refractivity contribution is 7.18. The Bertz CT molecular complexity index is 1120. The van der Waals surface area contributed by atoms with Crippen LogP contribution in [0.2, 0.25) is 5.02 Å². The molecular formula is C21H23ClN4O2S. The Morgan fingerprint density at radius 1 is 1.31 bits per heavy atom. The molecule has 2 aromatic heterocycles. The summed E-state index contributed by atoms with van der Waals surface area (Å²) in [7, 11) is 1.73. The summed E-state index contributed by atoms with van der Waals surface area (Å²) in [5.41, 5.74) is 1.27. The molecule has 1 atom stereocenters. The smallest absolute Gasteiger partial charge is 0.280 e. The third-order valence-corrected chi connectivity index (χ3v) is 6.91. The van der Waals surface area contributed by atoms with Crippen LogP contribution in [0.3, 0.4) is 0 Å². The Hall–Kier alpha value is -2.25. The van der Waals surface area contributed by atoms with Crippen LogP contribution in [0.1, 0.15) is 48.6 Å². The molecule has 0 spiro atoms. The quantitative estimate of drug-likeness (QED) is 0.615. The first-order chi connectivity index (χ1) is 14.0. The van der Waals surface area contributed by atoms with Crippen molar-refractivity contribution in [1.82, 2.24) is 19.4 Å². The first-order valence-electron chi connectivity index (χ1n) is 9.88. The Balaban J connectivity index is 1.56. The number of likely N-dealkylation sites (tertiary alicyclic amines) is 1. The van der Waals surface area contributed by atoms with Crippen LogP contribution in [-0.2, 0) is 24.7 Å². The molecular weight excluding hydrogens is 408 g/mol. The third kappa shape index (κ3) is 3.81. The summed E-state index contributed by atoms with van der Waals surface area (Å²) in [5, 5.41) is 1.50. The maximum atomic E-state index is 12.9. The summed E-state index contributed by atoms with van der Waals surface area (Å²) in [6.07, 6.45) is 3.50. The summed E-state index contributed by atoms with van der Waals surface area (Å²) >= 11 is 7.65. The van der Waals surface area contributed by atoms with Crippen LogP contribution in [-0.4, -0.2) is 31.9 Å². The van der Waals surface area contributed by atoms with Gasteiger partial charge in [-0.2, -0.15) is 0 Å². The van der Waals surface area contributed by atoms with E-state index in [2.05, 4.69) is 9.97 Å². The van der Waals surface area contributed by atoms with E-state index in [9.17, 15) is 9.59 Å². The zero-order valence-corrected chi connectivity index (χ0v) is 18.1. The largest absolute Gasteiger partial charge is 0.333 e. The lowest BCUT2D eigenvalue weighted by Crippen LogP contribution is -2.30. The highest BCUT2D eigenvalue weighted by Crippen LogP contribution is 2.36. The third-order valence-electron chi connectivity index (χ3n) is 5.49.